The van der Waals surface area contributed by atoms with E-state index in [4.69, 9.17) is 5.84 Å². The Balaban J connectivity index is 2.06. The number of hydrogen-bond donors (Lipinski definition) is 3. The maximum atomic E-state index is 11.1. The number of nitrogens with zero attached hydrogens (tertiary/aromatic N) is 2. The first-order valence-electron chi connectivity index (χ1n) is 5.66. The molecule has 0 fully saturated rings. The summed E-state index contributed by atoms with van der Waals surface area (Å²) in [4.78, 5) is 21.4. The number of non-ortho nitro benzene ring substituents is 1. The van der Waals surface area contributed by atoms with Gasteiger partial charge < -0.3 is 5.43 Å². The van der Waals surface area contributed by atoms with Crippen LogP contribution < -0.4 is 16.7 Å². The molecule has 1 aromatic rings. The second-order valence-electron chi connectivity index (χ2n) is 4.17. The van der Waals surface area contributed by atoms with Gasteiger partial charge in [-0.2, -0.15) is 5.10 Å². The Kier molecular flexibility index (Phi) is 3.71. The van der Waals surface area contributed by atoms with Crippen molar-refractivity contribution in [2.75, 3.05) is 0 Å². The van der Waals surface area contributed by atoms with E-state index in [9.17, 15) is 14.9 Å². The van der Waals surface area contributed by atoms with E-state index < -0.39 is 4.92 Å². The normalized spacial score (nSPS) is 17.5. The largest absolute Gasteiger partial charge is 0.306 e. The Hall–Kier alpha value is -2.48. The van der Waals surface area contributed by atoms with Crippen LogP contribution in [-0.2, 0) is 4.79 Å². The number of hydrogen-bond acceptors (Lipinski definition) is 6. The minimum absolute atomic E-state index is 0.0170. The number of amides is 1. The molecule has 0 spiro atoms. The highest BCUT2D eigenvalue weighted by Crippen LogP contribution is 2.18. The van der Waals surface area contributed by atoms with Crippen LogP contribution in [0.1, 0.15) is 18.4 Å². The van der Waals surface area contributed by atoms with E-state index in [1.807, 2.05) is 0 Å². The average molecular weight is 263 g/mol. The smallest absolute Gasteiger partial charge is 0.270 e. The molecule has 1 unspecified atom stereocenters. The molecule has 8 nitrogen and oxygen atoms in total. The van der Waals surface area contributed by atoms with Crippen molar-refractivity contribution in [3.63, 3.8) is 0 Å². The number of rotatable bonds is 4. The molecular weight excluding hydrogens is 250 g/mol. The monoisotopic (exact) mass is 263 g/mol. The van der Waals surface area contributed by atoms with Crippen LogP contribution in [-0.4, -0.2) is 22.6 Å². The number of benzene rings is 1. The SMILES string of the molecule is NNC(=O)CC1CC(c2cccc([N+](=O)[O-])c2)=NN1. The summed E-state index contributed by atoms with van der Waals surface area (Å²) in [5, 5.41) is 14.8. The standard InChI is InChI=1S/C11H13N5O3/c12-13-11(17)6-8-5-10(15-14-8)7-2-1-3-9(4-7)16(18)19/h1-4,8,14H,5-6,12H2,(H,13,17). The maximum Gasteiger partial charge on any atom is 0.270 e. The Morgan fingerprint density at radius 1 is 1.63 bits per heavy atom. The molecule has 1 aliphatic rings. The van der Waals surface area contributed by atoms with E-state index >= 15 is 0 Å². The zero-order valence-electron chi connectivity index (χ0n) is 10.00. The molecule has 8 heteroatoms. The van der Waals surface area contributed by atoms with Crippen LogP contribution in [0.15, 0.2) is 29.4 Å². The molecule has 1 heterocycles. The van der Waals surface area contributed by atoms with Gasteiger partial charge in [0.15, 0.2) is 0 Å². The molecule has 19 heavy (non-hydrogen) atoms. The number of nitro benzene ring substituents is 1. The summed E-state index contributed by atoms with van der Waals surface area (Å²) in [6.45, 7) is 0. The summed E-state index contributed by atoms with van der Waals surface area (Å²) in [5.74, 6) is 4.73. The molecule has 2 rings (SSSR count). The second kappa shape index (κ2) is 5.44. The topological polar surface area (TPSA) is 123 Å². The third-order valence-corrected chi connectivity index (χ3v) is 2.80. The van der Waals surface area contributed by atoms with Gasteiger partial charge in [0.25, 0.3) is 5.69 Å². The minimum atomic E-state index is -0.453. The number of nitrogens with one attached hydrogen (secondary N) is 2. The molecule has 0 aromatic heterocycles. The van der Waals surface area contributed by atoms with E-state index in [-0.39, 0.29) is 24.1 Å². The molecule has 1 aromatic carbocycles. The lowest BCUT2D eigenvalue weighted by Gasteiger charge is -2.07. The van der Waals surface area contributed by atoms with Crippen molar-refractivity contribution in [2.45, 2.75) is 18.9 Å². The van der Waals surface area contributed by atoms with Gasteiger partial charge in [0.05, 0.1) is 23.1 Å². The lowest BCUT2D eigenvalue weighted by molar-refractivity contribution is -0.384. The highest BCUT2D eigenvalue weighted by atomic mass is 16.6. The zero-order valence-corrected chi connectivity index (χ0v) is 10.00. The zero-order chi connectivity index (χ0) is 13.8. The van der Waals surface area contributed by atoms with Crippen molar-refractivity contribution in [3.05, 3.63) is 39.9 Å². The number of nitro groups is 1. The van der Waals surface area contributed by atoms with Gasteiger partial charge in [-0.1, -0.05) is 12.1 Å². The molecule has 1 aliphatic heterocycles. The molecule has 4 N–H and O–H groups in total. The predicted octanol–water partition coefficient (Wildman–Crippen LogP) is 0.0408. The molecular formula is C11H13N5O3. The van der Waals surface area contributed by atoms with Crippen molar-refractivity contribution in [1.29, 1.82) is 0 Å². The highest BCUT2D eigenvalue weighted by molar-refractivity contribution is 6.02. The molecule has 0 aliphatic carbocycles. The lowest BCUT2D eigenvalue weighted by Crippen LogP contribution is -2.35. The summed E-state index contributed by atoms with van der Waals surface area (Å²) < 4.78 is 0. The Bertz CT molecular complexity index is 543. The number of hydrazone groups is 1. The summed E-state index contributed by atoms with van der Waals surface area (Å²) in [5.41, 5.74) is 6.26. The van der Waals surface area contributed by atoms with Crippen LogP contribution in [0.2, 0.25) is 0 Å². The van der Waals surface area contributed by atoms with Crippen LogP contribution in [0.3, 0.4) is 0 Å². The fraction of sp³-hybridized carbons (Fsp3) is 0.273. The Morgan fingerprint density at radius 3 is 3.11 bits per heavy atom. The number of carbonyl (C=O) groups excluding carboxylic acids is 1. The van der Waals surface area contributed by atoms with E-state index in [0.717, 1.165) is 0 Å². The molecule has 100 valence electrons. The van der Waals surface area contributed by atoms with Crippen LogP contribution in [0, 0.1) is 10.1 Å². The number of nitrogens with two attached hydrogens (primary N) is 1. The van der Waals surface area contributed by atoms with Crippen LogP contribution in [0.4, 0.5) is 5.69 Å². The first-order valence-corrected chi connectivity index (χ1v) is 5.66. The van der Waals surface area contributed by atoms with Crippen molar-refractivity contribution in [3.8, 4) is 0 Å². The van der Waals surface area contributed by atoms with E-state index in [1.165, 1.54) is 12.1 Å². The molecule has 0 radical (unpaired) electrons. The summed E-state index contributed by atoms with van der Waals surface area (Å²) >= 11 is 0. The maximum absolute atomic E-state index is 11.1. The van der Waals surface area contributed by atoms with Gasteiger partial charge in [-0.05, 0) is 0 Å². The predicted molar refractivity (Wildman–Crippen MR) is 68.1 cm³/mol. The minimum Gasteiger partial charge on any atom is -0.306 e. The van der Waals surface area contributed by atoms with Gasteiger partial charge in [0, 0.05) is 24.1 Å². The number of carbonyl (C=O) groups is 1. The fourth-order valence-corrected chi connectivity index (χ4v) is 1.88. The summed E-state index contributed by atoms with van der Waals surface area (Å²) in [6.07, 6.45) is 0.729. The molecule has 0 saturated heterocycles. The van der Waals surface area contributed by atoms with Crippen LogP contribution >= 0.6 is 0 Å². The van der Waals surface area contributed by atoms with Crippen LogP contribution in [0.25, 0.3) is 0 Å². The average Bonchev–Trinajstić information content (AvgIpc) is 2.87. The first kappa shape index (κ1) is 13.0. The van der Waals surface area contributed by atoms with Gasteiger partial charge in [0.2, 0.25) is 5.91 Å². The van der Waals surface area contributed by atoms with Crippen molar-refractivity contribution < 1.29 is 9.72 Å². The molecule has 1 atom stereocenters. The van der Waals surface area contributed by atoms with Gasteiger partial charge in [-0.25, -0.2) is 5.84 Å². The lowest BCUT2D eigenvalue weighted by atomic mass is 10.0. The fourth-order valence-electron chi connectivity index (χ4n) is 1.88. The quantitative estimate of drug-likeness (QED) is 0.306. The summed E-state index contributed by atoms with van der Waals surface area (Å²) in [6, 6.07) is 6.10. The van der Waals surface area contributed by atoms with Crippen molar-refractivity contribution in [2.24, 2.45) is 10.9 Å². The Morgan fingerprint density at radius 2 is 2.42 bits per heavy atom. The first-order chi connectivity index (χ1) is 9.10. The second-order valence-corrected chi connectivity index (χ2v) is 4.17. The third kappa shape index (κ3) is 3.05. The van der Waals surface area contributed by atoms with Crippen molar-refractivity contribution >= 4 is 17.3 Å². The van der Waals surface area contributed by atoms with Gasteiger partial charge in [0.1, 0.15) is 0 Å². The molecule has 1 amide bonds. The Labute approximate surface area is 108 Å². The summed E-state index contributed by atoms with van der Waals surface area (Å²) in [7, 11) is 0. The van der Waals surface area contributed by atoms with Crippen molar-refractivity contribution in [1.82, 2.24) is 10.9 Å². The van der Waals surface area contributed by atoms with E-state index in [1.54, 1.807) is 12.1 Å². The third-order valence-electron chi connectivity index (χ3n) is 2.80. The number of hydrazine groups is 1. The van der Waals surface area contributed by atoms with Crippen LogP contribution in [0.5, 0.6) is 0 Å². The molecule has 0 bridgehead atoms. The van der Waals surface area contributed by atoms with Gasteiger partial charge >= 0.3 is 0 Å². The van der Waals surface area contributed by atoms with E-state index in [2.05, 4.69) is 16.0 Å². The van der Waals surface area contributed by atoms with Gasteiger partial charge in [-0.3, -0.25) is 20.3 Å². The van der Waals surface area contributed by atoms with Gasteiger partial charge in [-0.15, -0.1) is 0 Å². The van der Waals surface area contributed by atoms with E-state index in [0.29, 0.717) is 17.7 Å². The molecule has 0 saturated carbocycles. The highest BCUT2D eigenvalue weighted by Gasteiger charge is 2.22.